The van der Waals surface area contributed by atoms with Gasteiger partial charge in [0.15, 0.2) is 0 Å². The molecule has 0 spiro atoms. The van der Waals surface area contributed by atoms with E-state index in [1.807, 2.05) is 12.1 Å². The molecule has 0 heterocycles. The Labute approximate surface area is 140 Å². The maximum Gasteiger partial charge on any atom is 1.00 e. The third-order valence-corrected chi connectivity index (χ3v) is 2.52. The number of aliphatic carboxylic acids is 1. The molecule has 0 aliphatic carbocycles. The summed E-state index contributed by atoms with van der Waals surface area (Å²) < 4.78 is 4.85. The predicted octanol–water partition coefficient (Wildman–Crippen LogP) is -2.85. The fraction of sp³-hybridized carbons (Fsp3) is 0.286. The second kappa shape index (κ2) is 10.5. The standard InChI is InChI=1S/C14H17NO4.Na/c1-19-10-13(6-7-16)15-9-12-5-3-2-4-11(12)8-14(17)18;/h2-5,7,10,15H,6,8-9H2,1H3,(H,17,18);/q;+1/p-1. The fourth-order valence-corrected chi connectivity index (χ4v) is 1.66. The molecule has 0 radical (unpaired) electrons. The molecule has 0 saturated carbocycles. The molecule has 0 aliphatic rings. The molecule has 0 atom stereocenters. The van der Waals surface area contributed by atoms with E-state index in [4.69, 9.17) is 4.74 Å². The van der Waals surface area contributed by atoms with Gasteiger partial charge in [0, 0.05) is 25.4 Å². The van der Waals surface area contributed by atoms with Gasteiger partial charge in [0.25, 0.3) is 0 Å². The first-order valence-corrected chi connectivity index (χ1v) is 5.83. The van der Waals surface area contributed by atoms with Crippen LogP contribution in [-0.4, -0.2) is 19.4 Å². The summed E-state index contributed by atoms with van der Waals surface area (Å²) in [6, 6.07) is 7.18. The van der Waals surface area contributed by atoms with Crippen molar-refractivity contribution >= 4 is 12.3 Å². The number of carboxylic acid groups (broad SMARTS) is 1. The number of allylic oxidation sites excluding steroid dienone is 1. The summed E-state index contributed by atoms with van der Waals surface area (Å²) in [5.74, 6) is -1.12. The van der Waals surface area contributed by atoms with Gasteiger partial charge in [0.2, 0.25) is 0 Å². The SMILES string of the molecule is COC=C(CC=O)NCc1ccccc1CC(=O)[O-].[Na+]. The van der Waals surface area contributed by atoms with Crippen molar-refractivity contribution in [3.05, 3.63) is 47.4 Å². The average Bonchev–Trinajstić information content (AvgIpc) is 2.37. The molecule has 5 nitrogen and oxygen atoms in total. The second-order valence-corrected chi connectivity index (χ2v) is 3.92. The molecule has 1 aromatic carbocycles. The molecular formula is C14H16NNaO4. The molecular weight excluding hydrogens is 269 g/mol. The van der Waals surface area contributed by atoms with Gasteiger partial charge in [-0.25, -0.2) is 0 Å². The quantitative estimate of drug-likeness (QED) is 0.316. The zero-order valence-corrected chi connectivity index (χ0v) is 13.7. The normalized spacial score (nSPS) is 10.3. The van der Waals surface area contributed by atoms with Crippen LogP contribution in [-0.2, 0) is 27.3 Å². The minimum Gasteiger partial charge on any atom is -0.550 e. The molecule has 6 heteroatoms. The molecule has 20 heavy (non-hydrogen) atoms. The van der Waals surface area contributed by atoms with Gasteiger partial charge in [-0.15, -0.1) is 0 Å². The number of carbonyl (C=O) groups is 2. The molecule has 0 aliphatic heterocycles. The van der Waals surface area contributed by atoms with Crippen molar-refractivity contribution in [2.24, 2.45) is 0 Å². The summed E-state index contributed by atoms with van der Waals surface area (Å²) in [6.07, 6.45) is 2.31. The Bertz CT molecular complexity index is 474. The Kier molecular flexibility index (Phi) is 9.80. The van der Waals surface area contributed by atoms with Gasteiger partial charge in [-0.3, -0.25) is 0 Å². The van der Waals surface area contributed by atoms with Crippen LogP contribution >= 0.6 is 0 Å². The van der Waals surface area contributed by atoms with Crippen LogP contribution < -0.4 is 40.0 Å². The number of carbonyl (C=O) groups excluding carboxylic acids is 2. The molecule has 1 rings (SSSR count). The van der Waals surface area contributed by atoms with Gasteiger partial charge >= 0.3 is 29.6 Å². The van der Waals surface area contributed by atoms with Gasteiger partial charge in [0.1, 0.15) is 12.5 Å². The summed E-state index contributed by atoms with van der Waals surface area (Å²) in [5.41, 5.74) is 2.18. The van der Waals surface area contributed by atoms with E-state index < -0.39 is 5.97 Å². The van der Waals surface area contributed by atoms with Gasteiger partial charge in [-0.05, 0) is 11.1 Å². The number of nitrogens with one attached hydrogen (secondary N) is 1. The number of ether oxygens (including phenoxy) is 1. The Morgan fingerprint density at radius 3 is 2.55 bits per heavy atom. The van der Waals surface area contributed by atoms with Crippen LogP contribution in [0.3, 0.4) is 0 Å². The van der Waals surface area contributed by atoms with Crippen LogP contribution in [0.4, 0.5) is 0 Å². The van der Waals surface area contributed by atoms with Crippen LogP contribution in [0, 0.1) is 0 Å². The van der Waals surface area contributed by atoms with Crippen molar-refractivity contribution in [2.75, 3.05) is 7.11 Å². The molecule has 0 unspecified atom stereocenters. The third kappa shape index (κ3) is 6.75. The maximum atomic E-state index is 10.7. The summed E-state index contributed by atoms with van der Waals surface area (Å²) in [7, 11) is 1.50. The van der Waals surface area contributed by atoms with Gasteiger partial charge in [0.05, 0.1) is 12.8 Å². The molecule has 1 N–H and O–H groups in total. The number of carboxylic acids is 1. The molecule has 0 bridgehead atoms. The first kappa shape index (κ1) is 18.7. The molecule has 0 fully saturated rings. The Morgan fingerprint density at radius 2 is 2.00 bits per heavy atom. The number of benzene rings is 1. The number of methoxy groups -OCH3 is 1. The van der Waals surface area contributed by atoms with Crippen molar-refractivity contribution in [3.8, 4) is 0 Å². The molecule has 1 aromatic rings. The monoisotopic (exact) mass is 285 g/mol. The van der Waals surface area contributed by atoms with Crippen molar-refractivity contribution in [1.82, 2.24) is 5.32 Å². The topological polar surface area (TPSA) is 78.5 Å². The van der Waals surface area contributed by atoms with E-state index in [1.165, 1.54) is 13.4 Å². The molecule has 0 saturated heterocycles. The summed E-state index contributed by atoms with van der Waals surface area (Å²) in [4.78, 5) is 21.1. The number of hydrogen-bond acceptors (Lipinski definition) is 5. The molecule has 102 valence electrons. The van der Waals surface area contributed by atoms with E-state index in [0.717, 1.165) is 11.8 Å². The maximum absolute atomic E-state index is 10.7. The minimum atomic E-state index is -1.12. The first-order chi connectivity index (χ1) is 9.17. The van der Waals surface area contributed by atoms with Crippen LogP contribution in [0.5, 0.6) is 0 Å². The van der Waals surface area contributed by atoms with Crippen LogP contribution in [0.25, 0.3) is 0 Å². The van der Waals surface area contributed by atoms with E-state index in [2.05, 4.69) is 5.32 Å². The van der Waals surface area contributed by atoms with E-state index in [0.29, 0.717) is 17.8 Å². The van der Waals surface area contributed by atoms with Crippen molar-refractivity contribution in [2.45, 2.75) is 19.4 Å². The second-order valence-electron chi connectivity index (χ2n) is 3.92. The fourth-order valence-electron chi connectivity index (χ4n) is 1.66. The zero-order chi connectivity index (χ0) is 14.1. The van der Waals surface area contributed by atoms with Gasteiger partial charge in [-0.1, -0.05) is 24.3 Å². The van der Waals surface area contributed by atoms with Crippen LogP contribution in [0.1, 0.15) is 17.5 Å². The number of hydrogen-bond donors (Lipinski definition) is 1. The van der Waals surface area contributed by atoms with E-state index >= 15 is 0 Å². The third-order valence-electron chi connectivity index (χ3n) is 2.52. The first-order valence-electron chi connectivity index (χ1n) is 5.83. The van der Waals surface area contributed by atoms with Crippen molar-refractivity contribution in [3.63, 3.8) is 0 Å². The molecule has 0 amide bonds. The smallest absolute Gasteiger partial charge is 0.550 e. The summed E-state index contributed by atoms with van der Waals surface area (Å²) >= 11 is 0. The van der Waals surface area contributed by atoms with Gasteiger partial charge < -0.3 is 24.7 Å². The Morgan fingerprint density at radius 1 is 1.35 bits per heavy atom. The Hall–Kier alpha value is -1.30. The summed E-state index contributed by atoms with van der Waals surface area (Å²) in [5, 5.41) is 13.7. The molecule has 0 aromatic heterocycles. The average molecular weight is 285 g/mol. The summed E-state index contributed by atoms with van der Waals surface area (Å²) in [6.45, 7) is 0.423. The van der Waals surface area contributed by atoms with E-state index in [-0.39, 0.29) is 42.4 Å². The van der Waals surface area contributed by atoms with Gasteiger partial charge in [-0.2, -0.15) is 0 Å². The number of aldehydes is 1. The Balaban J connectivity index is 0.00000361. The largest absolute Gasteiger partial charge is 1.00 e. The predicted molar refractivity (Wildman–Crippen MR) is 67.8 cm³/mol. The zero-order valence-electron chi connectivity index (χ0n) is 11.7. The van der Waals surface area contributed by atoms with Crippen molar-refractivity contribution in [1.29, 1.82) is 0 Å². The number of rotatable bonds is 8. The van der Waals surface area contributed by atoms with Crippen LogP contribution in [0.15, 0.2) is 36.2 Å². The van der Waals surface area contributed by atoms with Crippen molar-refractivity contribution < 1.29 is 49.0 Å². The minimum absolute atomic E-state index is 0. The van der Waals surface area contributed by atoms with E-state index in [9.17, 15) is 14.7 Å². The van der Waals surface area contributed by atoms with Crippen LogP contribution in [0.2, 0.25) is 0 Å². The van der Waals surface area contributed by atoms with E-state index in [1.54, 1.807) is 12.1 Å².